The van der Waals surface area contributed by atoms with Crippen molar-refractivity contribution in [3.8, 4) is 0 Å². The van der Waals surface area contributed by atoms with Crippen molar-refractivity contribution < 1.29 is 0 Å². The van der Waals surface area contributed by atoms with Crippen molar-refractivity contribution in [2.45, 2.75) is 51.0 Å². The van der Waals surface area contributed by atoms with Crippen molar-refractivity contribution >= 4 is 0 Å². The Morgan fingerprint density at radius 3 is 2.71 bits per heavy atom. The molecule has 3 unspecified atom stereocenters. The van der Waals surface area contributed by atoms with Crippen LogP contribution in [0, 0.1) is 11.8 Å². The molecular formula is C13H23N. The summed E-state index contributed by atoms with van der Waals surface area (Å²) in [5.74, 6) is 2.02. The summed E-state index contributed by atoms with van der Waals surface area (Å²) in [5.41, 5.74) is 0. The van der Waals surface area contributed by atoms with Gasteiger partial charge in [0.15, 0.2) is 0 Å². The molecule has 0 aromatic heterocycles. The molecule has 1 nitrogen and oxygen atoms in total. The normalized spacial score (nSPS) is 37.6. The monoisotopic (exact) mass is 193 g/mol. The highest BCUT2D eigenvalue weighted by atomic mass is 14.9. The Kier molecular flexibility index (Phi) is 3.63. The molecule has 0 amide bonds. The highest BCUT2D eigenvalue weighted by Crippen LogP contribution is 2.34. The molecule has 0 saturated heterocycles. The lowest BCUT2D eigenvalue weighted by atomic mass is 9.85. The Morgan fingerprint density at radius 1 is 1.14 bits per heavy atom. The molecule has 0 aromatic rings. The molecule has 0 heterocycles. The van der Waals surface area contributed by atoms with E-state index in [9.17, 15) is 0 Å². The van der Waals surface area contributed by atoms with Crippen molar-refractivity contribution in [1.29, 1.82) is 0 Å². The molecule has 3 atom stereocenters. The van der Waals surface area contributed by atoms with Gasteiger partial charge in [-0.1, -0.05) is 12.2 Å². The van der Waals surface area contributed by atoms with Gasteiger partial charge in [-0.2, -0.15) is 0 Å². The molecule has 1 fully saturated rings. The third kappa shape index (κ3) is 2.60. The van der Waals surface area contributed by atoms with Gasteiger partial charge in [-0.05, 0) is 63.8 Å². The van der Waals surface area contributed by atoms with E-state index in [0.29, 0.717) is 0 Å². The van der Waals surface area contributed by atoms with Crippen LogP contribution in [0.3, 0.4) is 0 Å². The maximum Gasteiger partial charge on any atom is 0.00668 e. The Morgan fingerprint density at radius 2 is 2.07 bits per heavy atom. The number of rotatable bonds is 3. The van der Waals surface area contributed by atoms with Gasteiger partial charge in [-0.25, -0.2) is 0 Å². The Bertz CT molecular complexity index is 197. The third-order valence-corrected chi connectivity index (χ3v) is 3.99. The second kappa shape index (κ2) is 4.97. The van der Waals surface area contributed by atoms with Crippen LogP contribution in [0.5, 0.6) is 0 Å². The van der Waals surface area contributed by atoms with Gasteiger partial charge in [0, 0.05) is 6.04 Å². The van der Waals surface area contributed by atoms with E-state index in [1.165, 1.54) is 44.9 Å². The third-order valence-electron chi connectivity index (χ3n) is 3.99. The fourth-order valence-electron chi connectivity index (χ4n) is 3.09. The van der Waals surface area contributed by atoms with E-state index in [4.69, 9.17) is 0 Å². The lowest BCUT2D eigenvalue weighted by molar-refractivity contribution is 0.348. The van der Waals surface area contributed by atoms with Crippen LogP contribution in [-0.2, 0) is 0 Å². The van der Waals surface area contributed by atoms with Crippen LogP contribution < -0.4 is 5.32 Å². The Hall–Kier alpha value is -0.300. The van der Waals surface area contributed by atoms with Gasteiger partial charge >= 0.3 is 0 Å². The highest BCUT2D eigenvalue weighted by molar-refractivity contribution is 4.91. The van der Waals surface area contributed by atoms with E-state index < -0.39 is 0 Å². The molecule has 1 heteroatoms. The minimum Gasteiger partial charge on any atom is -0.317 e. The molecule has 0 spiro atoms. The number of hydrogen-bond acceptors (Lipinski definition) is 1. The molecule has 2 aliphatic carbocycles. The van der Waals surface area contributed by atoms with E-state index in [1.807, 2.05) is 0 Å². The van der Waals surface area contributed by atoms with Gasteiger partial charge in [0.2, 0.25) is 0 Å². The lowest BCUT2D eigenvalue weighted by Crippen LogP contribution is -2.21. The summed E-state index contributed by atoms with van der Waals surface area (Å²) < 4.78 is 0. The van der Waals surface area contributed by atoms with Gasteiger partial charge in [0.25, 0.3) is 0 Å². The van der Waals surface area contributed by atoms with Gasteiger partial charge in [0.1, 0.15) is 0 Å². The minimum absolute atomic E-state index is 0.819. The van der Waals surface area contributed by atoms with Crippen LogP contribution in [0.2, 0.25) is 0 Å². The molecule has 1 N–H and O–H groups in total. The van der Waals surface area contributed by atoms with Crippen molar-refractivity contribution in [3.05, 3.63) is 12.2 Å². The van der Waals surface area contributed by atoms with Crippen LogP contribution in [0.1, 0.15) is 44.9 Å². The highest BCUT2D eigenvalue weighted by Gasteiger charge is 2.25. The average molecular weight is 193 g/mol. The first-order valence-electron chi connectivity index (χ1n) is 6.20. The fraction of sp³-hybridized carbons (Fsp3) is 0.846. The first-order valence-corrected chi connectivity index (χ1v) is 6.20. The zero-order chi connectivity index (χ0) is 9.80. The van der Waals surface area contributed by atoms with E-state index in [1.54, 1.807) is 0 Å². The molecule has 14 heavy (non-hydrogen) atoms. The summed E-state index contributed by atoms with van der Waals surface area (Å²) in [4.78, 5) is 0. The fourth-order valence-corrected chi connectivity index (χ4v) is 3.09. The zero-order valence-corrected chi connectivity index (χ0v) is 9.34. The smallest absolute Gasteiger partial charge is 0.00668 e. The first-order chi connectivity index (χ1) is 6.88. The van der Waals surface area contributed by atoms with E-state index in [2.05, 4.69) is 24.5 Å². The van der Waals surface area contributed by atoms with Crippen molar-refractivity contribution in [2.24, 2.45) is 11.8 Å². The summed E-state index contributed by atoms with van der Waals surface area (Å²) in [6.07, 6.45) is 14.6. The molecule has 0 aromatic carbocycles. The van der Waals surface area contributed by atoms with Gasteiger partial charge in [-0.15, -0.1) is 0 Å². The molecule has 80 valence electrons. The molecule has 0 aliphatic heterocycles. The number of hydrogen-bond donors (Lipinski definition) is 1. The van der Waals surface area contributed by atoms with E-state index in [-0.39, 0.29) is 0 Å². The SMILES string of the molecule is CNC1CCC(CC2CC=CCC2)C1. The predicted octanol–water partition coefficient (Wildman–Crippen LogP) is 3.12. The van der Waals surface area contributed by atoms with Gasteiger partial charge in [0.05, 0.1) is 0 Å². The number of nitrogens with one attached hydrogen (secondary N) is 1. The molecule has 2 aliphatic rings. The number of allylic oxidation sites excluding steroid dienone is 2. The van der Waals surface area contributed by atoms with Crippen LogP contribution in [0.25, 0.3) is 0 Å². The maximum absolute atomic E-state index is 3.42. The van der Waals surface area contributed by atoms with E-state index in [0.717, 1.165) is 17.9 Å². The van der Waals surface area contributed by atoms with Crippen LogP contribution in [0.15, 0.2) is 12.2 Å². The lowest BCUT2D eigenvalue weighted by Gasteiger charge is -2.21. The average Bonchev–Trinajstić information content (AvgIpc) is 2.67. The van der Waals surface area contributed by atoms with Crippen molar-refractivity contribution in [1.82, 2.24) is 5.32 Å². The summed E-state index contributed by atoms with van der Waals surface area (Å²) in [7, 11) is 2.11. The largest absolute Gasteiger partial charge is 0.317 e. The first kappa shape index (κ1) is 10.2. The maximum atomic E-state index is 3.42. The molecule has 0 bridgehead atoms. The van der Waals surface area contributed by atoms with Crippen molar-refractivity contribution in [2.75, 3.05) is 7.05 Å². The van der Waals surface area contributed by atoms with E-state index >= 15 is 0 Å². The molecular weight excluding hydrogens is 170 g/mol. The summed E-state index contributed by atoms with van der Waals surface area (Å²) in [6.45, 7) is 0. The predicted molar refractivity (Wildman–Crippen MR) is 61.3 cm³/mol. The quantitative estimate of drug-likeness (QED) is 0.679. The standard InChI is InChI=1S/C13H23N/c1-14-13-8-7-12(10-13)9-11-5-3-2-4-6-11/h2-3,11-14H,4-10H2,1H3. The summed E-state index contributed by atoms with van der Waals surface area (Å²) in [6, 6.07) is 0.819. The van der Waals surface area contributed by atoms with Gasteiger partial charge in [-0.3, -0.25) is 0 Å². The topological polar surface area (TPSA) is 12.0 Å². The molecule has 1 saturated carbocycles. The Labute approximate surface area is 88.0 Å². The summed E-state index contributed by atoms with van der Waals surface area (Å²) >= 11 is 0. The zero-order valence-electron chi connectivity index (χ0n) is 9.34. The minimum atomic E-state index is 0.819. The molecule has 0 radical (unpaired) electrons. The van der Waals surface area contributed by atoms with Gasteiger partial charge < -0.3 is 5.32 Å². The Balaban J connectivity index is 1.73. The molecule has 2 rings (SSSR count). The van der Waals surface area contributed by atoms with Crippen LogP contribution >= 0.6 is 0 Å². The second-order valence-corrected chi connectivity index (χ2v) is 5.05. The van der Waals surface area contributed by atoms with Crippen LogP contribution in [-0.4, -0.2) is 13.1 Å². The van der Waals surface area contributed by atoms with Crippen LogP contribution in [0.4, 0.5) is 0 Å². The van der Waals surface area contributed by atoms with Crippen molar-refractivity contribution in [3.63, 3.8) is 0 Å². The summed E-state index contributed by atoms with van der Waals surface area (Å²) in [5, 5.41) is 3.42. The second-order valence-electron chi connectivity index (χ2n) is 5.05.